The molecule has 1 rings (SSSR count). The molecule has 1 N–H and O–H groups in total. The van der Waals surface area contributed by atoms with Crippen LogP contribution in [-0.4, -0.2) is 19.0 Å². The number of nitrogens with one attached hydrogen (secondary N) is 1. The summed E-state index contributed by atoms with van der Waals surface area (Å²) in [6.45, 7) is 1.39. The summed E-state index contributed by atoms with van der Waals surface area (Å²) in [6, 6.07) is 5.12. The van der Waals surface area contributed by atoms with E-state index in [4.69, 9.17) is 0 Å². The molecule has 0 unspecified atom stereocenters. The number of anilines is 1. The molecule has 0 bridgehead atoms. The summed E-state index contributed by atoms with van der Waals surface area (Å²) < 4.78 is 5.54. The van der Waals surface area contributed by atoms with Crippen LogP contribution in [0.15, 0.2) is 18.2 Å². The Bertz CT molecular complexity index is 404. The number of hydrogen-bond donors (Lipinski definition) is 1. The Kier molecular flexibility index (Phi) is 4.07. The molecule has 1 aromatic rings. The van der Waals surface area contributed by atoms with E-state index in [-0.39, 0.29) is 5.91 Å². The fraction of sp³-hybridized carbons (Fsp3) is 0.200. The van der Waals surface area contributed by atoms with Crippen LogP contribution in [0.25, 0.3) is 0 Å². The number of amides is 1. The topological polar surface area (TPSA) is 55.4 Å². The van der Waals surface area contributed by atoms with E-state index in [9.17, 15) is 9.59 Å². The second-order valence-electron chi connectivity index (χ2n) is 2.86. The molecule has 4 nitrogen and oxygen atoms in total. The fourth-order valence-corrected chi connectivity index (χ4v) is 1.59. The Hall–Kier alpha value is -1.11. The number of carbonyl (C=O) groups excluding carboxylic acids is 2. The number of halogens is 1. The molecule has 0 saturated carbocycles. The van der Waals surface area contributed by atoms with Crippen LogP contribution in [0.2, 0.25) is 0 Å². The Morgan fingerprint density at radius 2 is 2.07 bits per heavy atom. The first-order chi connectivity index (χ1) is 7.04. The molecule has 0 radical (unpaired) electrons. The Morgan fingerprint density at radius 3 is 2.60 bits per heavy atom. The molecule has 0 fully saturated rings. The number of carbonyl (C=O) groups is 2. The lowest BCUT2D eigenvalue weighted by Crippen LogP contribution is -2.12. The van der Waals surface area contributed by atoms with E-state index >= 15 is 0 Å². The van der Waals surface area contributed by atoms with Crippen molar-refractivity contribution < 1.29 is 14.3 Å². The number of rotatable bonds is 2. The van der Waals surface area contributed by atoms with Gasteiger partial charge >= 0.3 is 5.97 Å². The molecule has 1 aromatic carbocycles. The van der Waals surface area contributed by atoms with Crippen molar-refractivity contribution >= 4 is 40.2 Å². The summed E-state index contributed by atoms with van der Waals surface area (Å²) in [4.78, 5) is 22.3. The van der Waals surface area contributed by atoms with E-state index in [0.29, 0.717) is 11.3 Å². The van der Waals surface area contributed by atoms with E-state index in [1.165, 1.54) is 14.0 Å². The van der Waals surface area contributed by atoms with Crippen molar-refractivity contribution in [2.75, 3.05) is 12.4 Å². The van der Waals surface area contributed by atoms with Crippen LogP contribution in [0.1, 0.15) is 17.3 Å². The van der Waals surface area contributed by atoms with E-state index < -0.39 is 5.97 Å². The quantitative estimate of drug-likeness (QED) is 0.670. The Balaban J connectivity index is 3.13. The van der Waals surface area contributed by atoms with Gasteiger partial charge in [0.2, 0.25) is 5.91 Å². The number of hydrogen-bond acceptors (Lipinski definition) is 3. The Morgan fingerprint density at radius 1 is 1.40 bits per heavy atom. The third kappa shape index (κ3) is 3.19. The van der Waals surface area contributed by atoms with Crippen LogP contribution < -0.4 is 5.32 Å². The lowest BCUT2D eigenvalue weighted by molar-refractivity contribution is -0.114. The van der Waals surface area contributed by atoms with Gasteiger partial charge in [0, 0.05) is 10.5 Å². The zero-order valence-corrected chi connectivity index (χ0v) is 10.5. The van der Waals surface area contributed by atoms with E-state index in [1.54, 1.807) is 18.2 Å². The minimum Gasteiger partial charge on any atom is -0.465 e. The van der Waals surface area contributed by atoms with Crippen LogP contribution in [0.3, 0.4) is 0 Å². The maximum absolute atomic E-state index is 11.4. The predicted molar refractivity (Wildman–Crippen MR) is 64.8 cm³/mol. The van der Waals surface area contributed by atoms with Crippen LogP contribution in [0.4, 0.5) is 5.69 Å². The fourth-order valence-electron chi connectivity index (χ4n) is 1.10. The minimum absolute atomic E-state index is 0.220. The molecule has 0 spiro atoms. The van der Waals surface area contributed by atoms with Crippen LogP contribution in [0.5, 0.6) is 0 Å². The van der Waals surface area contributed by atoms with Gasteiger partial charge in [-0.3, -0.25) is 4.79 Å². The molecular weight excluding hydrogens is 309 g/mol. The highest BCUT2D eigenvalue weighted by atomic mass is 127. The maximum atomic E-state index is 11.4. The van der Waals surface area contributed by atoms with Gasteiger partial charge in [-0.1, -0.05) is 0 Å². The maximum Gasteiger partial charge on any atom is 0.339 e. The van der Waals surface area contributed by atoms with Gasteiger partial charge in [-0.2, -0.15) is 0 Å². The van der Waals surface area contributed by atoms with Crippen molar-refractivity contribution in [3.05, 3.63) is 27.3 Å². The second kappa shape index (κ2) is 5.11. The summed E-state index contributed by atoms with van der Waals surface area (Å²) in [6.07, 6.45) is 0. The number of methoxy groups -OCH3 is 1. The number of ether oxygens (including phenoxy) is 1. The number of esters is 1. The highest BCUT2D eigenvalue weighted by Crippen LogP contribution is 2.19. The van der Waals surface area contributed by atoms with Crippen molar-refractivity contribution in [1.29, 1.82) is 0 Å². The van der Waals surface area contributed by atoms with Crippen LogP contribution in [0, 0.1) is 3.57 Å². The van der Waals surface area contributed by atoms with Crippen molar-refractivity contribution in [2.45, 2.75) is 6.92 Å². The first kappa shape index (κ1) is 12.0. The lowest BCUT2D eigenvalue weighted by atomic mass is 10.2. The van der Waals surface area contributed by atoms with Crippen LogP contribution >= 0.6 is 22.6 Å². The zero-order valence-electron chi connectivity index (χ0n) is 8.33. The van der Waals surface area contributed by atoms with Gasteiger partial charge in [0.25, 0.3) is 0 Å². The molecule has 0 aliphatic carbocycles. The van der Waals surface area contributed by atoms with Crippen molar-refractivity contribution in [2.24, 2.45) is 0 Å². The summed E-state index contributed by atoms with van der Waals surface area (Å²) in [7, 11) is 1.30. The van der Waals surface area contributed by atoms with Crippen LogP contribution in [-0.2, 0) is 9.53 Å². The van der Waals surface area contributed by atoms with E-state index in [2.05, 4.69) is 32.6 Å². The molecule has 0 atom stereocenters. The molecule has 15 heavy (non-hydrogen) atoms. The smallest absolute Gasteiger partial charge is 0.339 e. The van der Waals surface area contributed by atoms with Crippen molar-refractivity contribution in [3.63, 3.8) is 0 Å². The number of benzene rings is 1. The van der Waals surface area contributed by atoms with Gasteiger partial charge in [0.1, 0.15) is 0 Å². The van der Waals surface area contributed by atoms with Gasteiger partial charge in [-0.05, 0) is 40.8 Å². The first-order valence-corrected chi connectivity index (χ1v) is 5.28. The lowest BCUT2D eigenvalue weighted by Gasteiger charge is -2.08. The summed E-state index contributed by atoms with van der Waals surface area (Å²) in [5, 5.41) is 2.58. The molecule has 0 aliphatic heterocycles. The zero-order chi connectivity index (χ0) is 11.4. The average Bonchev–Trinajstić information content (AvgIpc) is 2.16. The van der Waals surface area contributed by atoms with E-state index in [1.807, 2.05) is 0 Å². The Labute approximate surface area is 101 Å². The summed E-state index contributed by atoms with van der Waals surface area (Å²) >= 11 is 2.10. The predicted octanol–water partition coefficient (Wildman–Crippen LogP) is 2.04. The molecular formula is C10H10INO3. The van der Waals surface area contributed by atoms with Crippen molar-refractivity contribution in [1.82, 2.24) is 0 Å². The normalized spacial score (nSPS) is 9.53. The molecule has 0 heterocycles. The van der Waals surface area contributed by atoms with Gasteiger partial charge in [-0.15, -0.1) is 0 Å². The third-order valence-electron chi connectivity index (χ3n) is 1.70. The van der Waals surface area contributed by atoms with Gasteiger partial charge in [0.05, 0.1) is 18.4 Å². The molecule has 1 amide bonds. The molecule has 0 aliphatic rings. The largest absolute Gasteiger partial charge is 0.465 e. The molecule has 80 valence electrons. The molecule has 0 aromatic heterocycles. The van der Waals surface area contributed by atoms with Gasteiger partial charge in [-0.25, -0.2) is 4.79 Å². The highest BCUT2D eigenvalue weighted by molar-refractivity contribution is 14.1. The van der Waals surface area contributed by atoms with Gasteiger partial charge in [0.15, 0.2) is 0 Å². The average molecular weight is 319 g/mol. The van der Waals surface area contributed by atoms with E-state index in [0.717, 1.165) is 3.57 Å². The van der Waals surface area contributed by atoms with Crippen molar-refractivity contribution in [3.8, 4) is 0 Å². The third-order valence-corrected chi connectivity index (χ3v) is 2.37. The highest BCUT2D eigenvalue weighted by Gasteiger charge is 2.12. The summed E-state index contributed by atoms with van der Waals surface area (Å²) in [5.41, 5.74) is 0.828. The molecule has 0 saturated heterocycles. The SMILES string of the molecule is COC(=O)c1ccc(I)cc1NC(C)=O. The van der Waals surface area contributed by atoms with Gasteiger partial charge < -0.3 is 10.1 Å². The first-order valence-electron chi connectivity index (χ1n) is 4.20. The summed E-state index contributed by atoms with van der Waals surface area (Å²) in [5.74, 6) is -0.683. The minimum atomic E-state index is -0.463. The monoisotopic (exact) mass is 319 g/mol. The molecule has 5 heteroatoms. The standard InChI is InChI=1S/C10H10INO3/c1-6(13)12-9-5-7(11)3-4-8(9)10(14)15-2/h3-5H,1-2H3,(H,12,13). The second-order valence-corrected chi connectivity index (χ2v) is 4.11.